The van der Waals surface area contributed by atoms with E-state index < -0.39 is 0 Å². The van der Waals surface area contributed by atoms with E-state index in [4.69, 9.17) is 0 Å². The summed E-state index contributed by atoms with van der Waals surface area (Å²) in [7, 11) is 0. The van der Waals surface area contributed by atoms with Crippen molar-refractivity contribution in [3.8, 4) is 0 Å². The normalized spacial score (nSPS) is 57.9. The molecule has 0 aromatic heterocycles. The van der Waals surface area contributed by atoms with Crippen LogP contribution in [0, 0.1) is 39.9 Å². The lowest BCUT2D eigenvalue weighted by Crippen LogP contribution is -2.57. The molecule has 0 N–H and O–H groups in total. The molecule has 124 valence electrons. The summed E-state index contributed by atoms with van der Waals surface area (Å²) in [4.78, 5) is 12.1. The van der Waals surface area contributed by atoms with Crippen molar-refractivity contribution in [2.24, 2.45) is 39.9 Å². The topological polar surface area (TPSA) is 17.1 Å². The summed E-state index contributed by atoms with van der Waals surface area (Å²) in [6.07, 6.45) is 11.4. The fraction of sp³-hybridized carbons (Fsp3) is 0.952. The first-order valence-corrected chi connectivity index (χ1v) is 9.82. The van der Waals surface area contributed by atoms with Gasteiger partial charge in [-0.3, -0.25) is 4.79 Å². The molecule has 4 saturated carbocycles. The molecule has 0 bridgehead atoms. The van der Waals surface area contributed by atoms with Crippen molar-refractivity contribution in [1.82, 2.24) is 0 Å². The van der Waals surface area contributed by atoms with Gasteiger partial charge in [-0.05, 0) is 84.9 Å². The van der Waals surface area contributed by atoms with E-state index in [2.05, 4.69) is 27.7 Å². The summed E-state index contributed by atoms with van der Waals surface area (Å²) < 4.78 is 0. The summed E-state index contributed by atoms with van der Waals surface area (Å²) in [5, 5.41) is 0. The van der Waals surface area contributed by atoms with Gasteiger partial charge in [-0.2, -0.15) is 0 Å². The van der Waals surface area contributed by atoms with Crippen molar-refractivity contribution >= 4 is 5.78 Å². The fourth-order valence-corrected chi connectivity index (χ4v) is 7.66. The average Bonchev–Trinajstić information content (AvgIpc) is 2.76. The summed E-state index contributed by atoms with van der Waals surface area (Å²) in [5.41, 5.74) is 1.34. The van der Waals surface area contributed by atoms with E-state index in [1.54, 1.807) is 0 Å². The molecule has 4 fully saturated rings. The van der Waals surface area contributed by atoms with Gasteiger partial charge in [0, 0.05) is 12.8 Å². The Bertz CT molecular complexity index is 496. The van der Waals surface area contributed by atoms with E-state index in [0.717, 1.165) is 36.5 Å². The van der Waals surface area contributed by atoms with Gasteiger partial charge in [-0.15, -0.1) is 0 Å². The number of fused-ring (bicyclic) bond motifs is 5. The predicted octanol–water partition coefficient (Wildman–Crippen LogP) is 5.62. The number of hydrogen-bond acceptors (Lipinski definition) is 1. The SMILES string of the molecule is CC1CCC2C3CCC4(C)CC(=O)CCC4(C)C3CCC12C. The van der Waals surface area contributed by atoms with Crippen molar-refractivity contribution < 1.29 is 4.79 Å². The third-order valence-electron chi connectivity index (χ3n) is 9.65. The zero-order valence-electron chi connectivity index (χ0n) is 15.1. The van der Waals surface area contributed by atoms with Crippen LogP contribution in [-0.2, 0) is 4.79 Å². The Balaban J connectivity index is 1.68. The molecule has 1 heteroatoms. The van der Waals surface area contributed by atoms with Crippen LogP contribution in [0.4, 0.5) is 0 Å². The molecular weight excluding hydrogens is 268 g/mol. The van der Waals surface area contributed by atoms with Crippen LogP contribution in [0.2, 0.25) is 0 Å². The monoisotopic (exact) mass is 302 g/mol. The average molecular weight is 303 g/mol. The Labute approximate surface area is 136 Å². The van der Waals surface area contributed by atoms with Gasteiger partial charge in [0.15, 0.2) is 0 Å². The molecule has 7 unspecified atom stereocenters. The van der Waals surface area contributed by atoms with E-state index in [0.29, 0.717) is 22.0 Å². The Kier molecular flexibility index (Phi) is 3.18. The first-order valence-electron chi connectivity index (χ1n) is 9.82. The summed E-state index contributed by atoms with van der Waals surface area (Å²) in [6, 6.07) is 0. The quantitative estimate of drug-likeness (QED) is 0.567. The van der Waals surface area contributed by atoms with Crippen molar-refractivity contribution in [2.45, 2.75) is 85.5 Å². The van der Waals surface area contributed by atoms with Gasteiger partial charge >= 0.3 is 0 Å². The van der Waals surface area contributed by atoms with Crippen LogP contribution in [0.5, 0.6) is 0 Å². The van der Waals surface area contributed by atoms with Gasteiger partial charge in [0.25, 0.3) is 0 Å². The lowest BCUT2D eigenvalue weighted by Gasteiger charge is -2.64. The van der Waals surface area contributed by atoms with Crippen molar-refractivity contribution in [3.63, 3.8) is 0 Å². The maximum Gasteiger partial charge on any atom is 0.133 e. The molecule has 0 radical (unpaired) electrons. The minimum Gasteiger partial charge on any atom is -0.300 e. The van der Waals surface area contributed by atoms with Gasteiger partial charge in [0.2, 0.25) is 0 Å². The highest BCUT2D eigenvalue weighted by Crippen LogP contribution is 2.70. The van der Waals surface area contributed by atoms with Gasteiger partial charge < -0.3 is 0 Å². The molecule has 0 saturated heterocycles. The molecule has 0 amide bonds. The van der Waals surface area contributed by atoms with Gasteiger partial charge in [0.05, 0.1) is 0 Å². The molecule has 4 rings (SSSR count). The molecule has 7 atom stereocenters. The van der Waals surface area contributed by atoms with Gasteiger partial charge in [0.1, 0.15) is 5.78 Å². The van der Waals surface area contributed by atoms with Gasteiger partial charge in [-0.25, -0.2) is 0 Å². The number of carbonyl (C=O) groups is 1. The minimum atomic E-state index is 0.293. The molecular formula is C21H34O. The van der Waals surface area contributed by atoms with Crippen LogP contribution in [0.3, 0.4) is 0 Å². The number of ketones is 1. The molecule has 0 spiro atoms. The second-order valence-corrected chi connectivity index (χ2v) is 10.1. The van der Waals surface area contributed by atoms with E-state index >= 15 is 0 Å². The van der Waals surface area contributed by atoms with Crippen LogP contribution >= 0.6 is 0 Å². The van der Waals surface area contributed by atoms with Crippen molar-refractivity contribution in [3.05, 3.63) is 0 Å². The highest BCUT2D eigenvalue weighted by molar-refractivity contribution is 5.80. The zero-order chi connectivity index (χ0) is 15.8. The molecule has 4 aliphatic carbocycles. The highest BCUT2D eigenvalue weighted by Gasteiger charge is 2.62. The Morgan fingerprint density at radius 2 is 1.68 bits per heavy atom. The molecule has 0 aromatic carbocycles. The van der Waals surface area contributed by atoms with E-state index in [9.17, 15) is 4.79 Å². The molecule has 4 aliphatic rings. The Hall–Kier alpha value is -0.330. The largest absolute Gasteiger partial charge is 0.300 e. The Morgan fingerprint density at radius 3 is 2.45 bits per heavy atom. The Morgan fingerprint density at radius 1 is 0.909 bits per heavy atom. The van der Waals surface area contributed by atoms with E-state index in [-0.39, 0.29) is 0 Å². The third-order valence-corrected chi connectivity index (χ3v) is 9.65. The van der Waals surface area contributed by atoms with Crippen molar-refractivity contribution in [2.75, 3.05) is 0 Å². The zero-order valence-corrected chi connectivity index (χ0v) is 15.1. The molecule has 0 aliphatic heterocycles. The number of Topliss-reactive ketones (excluding diaryl/α,β-unsaturated/α-hetero) is 1. The first-order chi connectivity index (χ1) is 10.3. The maximum atomic E-state index is 12.1. The molecule has 0 aromatic rings. The van der Waals surface area contributed by atoms with Crippen LogP contribution in [0.15, 0.2) is 0 Å². The van der Waals surface area contributed by atoms with E-state index in [1.807, 2.05) is 0 Å². The minimum absolute atomic E-state index is 0.293. The molecule has 1 nitrogen and oxygen atoms in total. The number of hydrogen-bond donors (Lipinski definition) is 0. The van der Waals surface area contributed by atoms with E-state index in [1.165, 1.54) is 44.9 Å². The number of rotatable bonds is 0. The second-order valence-electron chi connectivity index (χ2n) is 10.1. The number of carbonyl (C=O) groups excluding carboxylic acids is 1. The van der Waals surface area contributed by atoms with Crippen LogP contribution < -0.4 is 0 Å². The van der Waals surface area contributed by atoms with Crippen LogP contribution in [-0.4, -0.2) is 5.78 Å². The predicted molar refractivity (Wildman–Crippen MR) is 90.5 cm³/mol. The van der Waals surface area contributed by atoms with Gasteiger partial charge in [-0.1, -0.05) is 27.7 Å². The summed E-state index contributed by atoms with van der Waals surface area (Å²) in [5.74, 6) is 4.28. The van der Waals surface area contributed by atoms with Crippen molar-refractivity contribution in [1.29, 1.82) is 0 Å². The maximum absolute atomic E-state index is 12.1. The molecule has 0 heterocycles. The first kappa shape index (κ1) is 15.2. The third kappa shape index (κ3) is 1.75. The lowest BCUT2D eigenvalue weighted by atomic mass is 9.40. The smallest absolute Gasteiger partial charge is 0.133 e. The molecule has 22 heavy (non-hydrogen) atoms. The summed E-state index contributed by atoms with van der Waals surface area (Å²) in [6.45, 7) is 10.1. The summed E-state index contributed by atoms with van der Waals surface area (Å²) >= 11 is 0. The fourth-order valence-electron chi connectivity index (χ4n) is 7.66. The standard InChI is InChI=1S/C21H34O/c1-14-5-6-17-16-8-10-19(2)13-15(22)7-12-21(19,4)18(16)9-11-20(14,17)3/h14,16-18H,5-13H2,1-4H3. The second kappa shape index (κ2) is 4.61. The van der Waals surface area contributed by atoms with Crippen LogP contribution in [0.1, 0.15) is 85.5 Å². The highest BCUT2D eigenvalue weighted by atomic mass is 16.1. The van der Waals surface area contributed by atoms with Crippen LogP contribution in [0.25, 0.3) is 0 Å². The lowest BCUT2D eigenvalue weighted by molar-refractivity contribution is -0.162.